The van der Waals surface area contributed by atoms with Crippen LogP contribution in [-0.2, 0) is 16.2 Å². The van der Waals surface area contributed by atoms with E-state index in [0.717, 1.165) is 5.56 Å². The third kappa shape index (κ3) is 4.88. The summed E-state index contributed by atoms with van der Waals surface area (Å²) in [4.78, 5) is 28.7. The summed E-state index contributed by atoms with van der Waals surface area (Å²) in [5.74, 6) is -1.08. The van der Waals surface area contributed by atoms with Gasteiger partial charge in [-0.25, -0.2) is 0 Å². The highest BCUT2D eigenvalue weighted by atomic mass is 35.5. The number of thiophene rings is 1. The maximum absolute atomic E-state index is 13.3. The highest BCUT2D eigenvalue weighted by Gasteiger charge is 2.47. The van der Waals surface area contributed by atoms with E-state index in [1.807, 2.05) is 47.8 Å². The third-order valence-corrected chi connectivity index (χ3v) is 7.58. The second kappa shape index (κ2) is 10.9. The molecule has 9 heteroatoms. The predicted molar refractivity (Wildman–Crippen MR) is 149 cm³/mol. The molecule has 0 spiro atoms. The Bertz CT molecular complexity index is 1500. The molecule has 1 atom stereocenters. The standard InChI is InChI=1S/C29H21Cl2NO5S/c1-36-28-21(30)14-18(15-22(28)31)26(33)24-25(23-8-5-13-38-23)32(29(35)27(24)34)19-9-11-20(12-10-19)37-16-17-6-3-2-4-7-17/h2-15,25,33H,16H2,1H3/b26-24-. The fourth-order valence-electron chi connectivity index (χ4n) is 4.31. The van der Waals surface area contributed by atoms with Gasteiger partial charge in [0.2, 0.25) is 0 Å². The van der Waals surface area contributed by atoms with Crippen LogP contribution in [0, 0.1) is 0 Å². The van der Waals surface area contributed by atoms with Crippen LogP contribution in [0.25, 0.3) is 5.76 Å². The van der Waals surface area contributed by atoms with Crippen molar-refractivity contribution in [3.8, 4) is 11.5 Å². The molecule has 1 aliphatic heterocycles. The molecule has 6 nitrogen and oxygen atoms in total. The van der Waals surface area contributed by atoms with Gasteiger partial charge < -0.3 is 14.6 Å². The average molecular weight is 566 g/mol. The number of ketones is 1. The number of Topliss-reactive ketones (excluding diaryl/α,β-unsaturated/α-hetero) is 1. The molecule has 0 saturated carbocycles. The van der Waals surface area contributed by atoms with Crippen LogP contribution in [0.1, 0.15) is 22.0 Å². The number of halogens is 2. The third-order valence-electron chi connectivity index (χ3n) is 6.10. The minimum Gasteiger partial charge on any atom is -0.507 e. The van der Waals surface area contributed by atoms with Crippen molar-refractivity contribution in [2.24, 2.45) is 0 Å². The molecule has 1 fully saturated rings. The van der Waals surface area contributed by atoms with Crippen LogP contribution in [-0.4, -0.2) is 23.9 Å². The number of aliphatic hydroxyl groups is 1. The first-order chi connectivity index (χ1) is 18.4. The number of carbonyl (C=O) groups excluding carboxylic acids is 2. The van der Waals surface area contributed by atoms with E-state index in [1.54, 1.807) is 24.3 Å². The van der Waals surface area contributed by atoms with Gasteiger partial charge >= 0.3 is 0 Å². The average Bonchev–Trinajstić information content (AvgIpc) is 3.54. The van der Waals surface area contributed by atoms with Crippen molar-refractivity contribution in [2.75, 3.05) is 12.0 Å². The van der Waals surface area contributed by atoms with Crippen LogP contribution in [0.3, 0.4) is 0 Å². The predicted octanol–water partition coefficient (Wildman–Crippen LogP) is 7.27. The number of amides is 1. The fourth-order valence-corrected chi connectivity index (χ4v) is 5.77. The van der Waals surface area contributed by atoms with Gasteiger partial charge in [0, 0.05) is 16.1 Å². The number of carbonyl (C=O) groups is 2. The minimum absolute atomic E-state index is 0.0563. The highest BCUT2D eigenvalue weighted by molar-refractivity contribution is 7.10. The van der Waals surface area contributed by atoms with Crippen molar-refractivity contribution >= 4 is 57.7 Å². The van der Waals surface area contributed by atoms with Gasteiger partial charge in [0.15, 0.2) is 5.75 Å². The van der Waals surface area contributed by atoms with Gasteiger partial charge in [0.1, 0.15) is 24.2 Å². The van der Waals surface area contributed by atoms with Crippen molar-refractivity contribution in [1.82, 2.24) is 0 Å². The second-order valence-corrected chi connectivity index (χ2v) is 10.2. The van der Waals surface area contributed by atoms with Gasteiger partial charge in [-0.3, -0.25) is 14.5 Å². The Labute approximate surface area is 233 Å². The lowest BCUT2D eigenvalue weighted by Gasteiger charge is -2.24. The minimum atomic E-state index is -0.842. The molecule has 2 heterocycles. The first-order valence-corrected chi connectivity index (χ1v) is 13.2. The molecule has 1 N–H and O–H groups in total. The summed E-state index contributed by atoms with van der Waals surface area (Å²) >= 11 is 13.9. The lowest BCUT2D eigenvalue weighted by molar-refractivity contribution is -0.132. The SMILES string of the molecule is COc1c(Cl)cc(/C(O)=C2/C(=O)C(=O)N(c3ccc(OCc4ccccc4)cc3)C2c2cccs2)cc1Cl. The van der Waals surface area contributed by atoms with E-state index < -0.39 is 17.7 Å². The Morgan fingerprint density at radius 1 is 0.974 bits per heavy atom. The number of methoxy groups -OCH3 is 1. The molecule has 5 rings (SSSR count). The smallest absolute Gasteiger partial charge is 0.300 e. The van der Waals surface area contributed by atoms with Crippen molar-refractivity contribution in [3.63, 3.8) is 0 Å². The first-order valence-electron chi connectivity index (χ1n) is 11.5. The van der Waals surface area contributed by atoms with Gasteiger partial charge in [-0.2, -0.15) is 0 Å². The highest BCUT2D eigenvalue weighted by Crippen LogP contribution is 2.45. The molecule has 4 aromatic rings. The summed E-state index contributed by atoms with van der Waals surface area (Å²) in [6.07, 6.45) is 0. The van der Waals surface area contributed by atoms with Crippen molar-refractivity contribution < 1.29 is 24.2 Å². The van der Waals surface area contributed by atoms with E-state index >= 15 is 0 Å². The lowest BCUT2D eigenvalue weighted by Crippen LogP contribution is -2.29. The van der Waals surface area contributed by atoms with Gasteiger partial charge in [-0.05, 0) is 53.4 Å². The number of ether oxygens (including phenoxy) is 2. The topological polar surface area (TPSA) is 76.1 Å². The first kappa shape index (κ1) is 25.9. The molecule has 1 saturated heterocycles. The summed E-state index contributed by atoms with van der Waals surface area (Å²) in [6.45, 7) is 0.396. The molecule has 1 aliphatic rings. The summed E-state index contributed by atoms with van der Waals surface area (Å²) in [5, 5.41) is 13.5. The second-order valence-electron chi connectivity index (χ2n) is 8.43. The monoisotopic (exact) mass is 565 g/mol. The van der Waals surface area contributed by atoms with Crippen LogP contribution in [0.4, 0.5) is 5.69 Å². The molecular formula is C29H21Cl2NO5S. The van der Waals surface area contributed by atoms with Crippen molar-refractivity contribution in [2.45, 2.75) is 12.6 Å². The molecule has 38 heavy (non-hydrogen) atoms. The molecular weight excluding hydrogens is 545 g/mol. The quantitative estimate of drug-likeness (QED) is 0.145. The summed E-state index contributed by atoms with van der Waals surface area (Å²) in [7, 11) is 1.42. The molecule has 0 bridgehead atoms. The zero-order valence-corrected chi connectivity index (χ0v) is 22.4. The Morgan fingerprint density at radius 2 is 1.66 bits per heavy atom. The van der Waals surface area contributed by atoms with Gasteiger partial charge in [0.25, 0.3) is 11.7 Å². The van der Waals surface area contributed by atoms with Crippen molar-refractivity contribution in [3.05, 3.63) is 116 Å². The number of anilines is 1. The maximum Gasteiger partial charge on any atom is 0.300 e. The summed E-state index contributed by atoms with van der Waals surface area (Å²) in [6, 6.07) is 22.4. The van der Waals surface area contributed by atoms with E-state index in [2.05, 4.69) is 0 Å². The summed E-state index contributed by atoms with van der Waals surface area (Å²) < 4.78 is 11.0. The zero-order chi connectivity index (χ0) is 26.8. The van der Waals surface area contributed by atoms with E-state index in [9.17, 15) is 14.7 Å². The van der Waals surface area contributed by atoms with Crippen LogP contribution >= 0.6 is 34.5 Å². The van der Waals surface area contributed by atoms with Crippen LogP contribution < -0.4 is 14.4 Å². The van der Waals surface area contributed by atoms with Crippen LogP contribution in [0.5, 0.6) is 11.5 Å². The number of nitrogens with zero attached hydrogens (tertiary/aromatic N) is 1. The van der Waals surface area contributed by atoms with Crippen LogP contribution in [0.2, 0.25) is 10.0 Å². The zero-order valence-electron chi connectivity index (χ0n) is 20.1. The molecule has 1 aromatic heterocycles. The molecule has 192 valence electrons. The van der Waals surface area contributed by atoms with E-state index in [-0.39, 0.29) is 32.7 Å². The number of hydrogen-bond acceptors (Lipinski definition) is 6. The molecule has 1 unspecified atom stereocenters. The van der Waals surface area contributed by atoms with E-state index in [1.165, 1.54) is 35.5 Å². The van der Waals surface area contributed by atoms with Crippen molar-refractivity contribution in [1.29, 1.82) is 0 Å². The lowest BCUT2D eigenvalue weighted by atomic mass is 9.99. The molecule has 0 aliphatic carbocycles. The fraction of sp³-hybridized carbons (Fsp3) is 0.103. The van der Waals surface area contributed by atoms with Gasteiger partial charge in [-0.15, -0.1) is 11.3 Å². The number of aliphatic hydroxyl groups excluding tert-OH is 1. The van der Waals surface area contributed by atoms with Crippen LogP contribution in [0.15, 0.2) is 89.8 Å². The van der Waals surface area contributed by atoms with E-state index in [0.29, 0.717) is 22.9 Å². The number of benzene rings is 3. The molecule has 1 amide bonds. The largest absolute Gasteiger partial charge is 0.507 e. The Balaban J connectivity index is 1.52. The molecule has 0 radical (unpaired) electrons. The van der Waals surface area contributed by atoms with Gasteiger partial charge in [0.05, 0.1) is 22.7 Å². The number of hydrogen-bond donors (Lipinski definition) is 1. The Morgan fingerprint density at radius 3 is 2.26 bits per heavy atom. The Hall–Kier alpha value is -3.78. The maximum atomic E-state index is 13.3. The molecule has 3 aromatic carbocycles. The Kier molecular flexibility index (Phi) is 7.42. The summed E-state index contributed by atoms with van der Waals surface area (Å²) in [5.41, 5.74) is 1.66. The van der Waals surface area contributed by atoms with Gasteiger partial charge in [-0.1, -0.05) is 59.6 Å². The normalized spacial score (nSPS) is 16.6. The van der Waals surface area contributed by atoms with E-state index in [4.69, 9.17) is 32.7 Å². The number of rotatable bonds is 7.